The molecular formula is C17H22ClNO3. The first-order valence-corrected chi connectivity index (χ1v) is 8.19. The van der Waals surface area contributed by atoms with E-state index in [2.05, 4.69) is 5.32 Å². The molecule has 1 aromatic rings. The van der Waals surface area contributed by atoms with Gasteiger partial charge in [-0.05, 0) is 37.0 Å². The molecular weight excluding hydrogens is 302 g/mol. The number of benzene rings is 1. The number of carbonyl (C=O) groups excluding carboxylic acids is 1. The molecule has 0 aliphatic heterocycles. The lowest BCUT2D eigenvalue weighted by atomic mass is 9.92. The van der Waals surface area contributed by atoms with Crippen molar-refractivity contribution in [2.24, 2.45) is 5.92 Å². The van der Waals surface area contributed by atoms with Gasteiger partial charge < -0.3 is 10.4 Å². The molecule has 22 heavy (non-hydrogen) atoms. The quantitative estimate of drug-likeness (QED) is 0.843. The number of amides is 1. The monoisotopic (exact) mass is 323 g/mol. The highest BCUT2D eigenvalue weighted by molar-refractivity contribution is 6.30. The topological polar surface area (TPSA) is 66.4 Å². The van der Waals surface area contributed by atoms with Gasteiger partial charge in [0.2, 0.25) is 5.91 Å². The van der Waals surface area contributed by atoms with Crippen molar-refractivity contribution in [1.82, 2.24) is 5.32 Å². The van der Waals surface area contributed by atoms with Crippen molar-refractivity contribution < 1.29 is 14.7 Å². The maximum Gasteiger partial charge on any atom is 0.304 e. The fourth-order valence-electron chi connectivity index (χ4n) is 2.94. The molecule has 2 N–H and O–H groups in total. The molecule has 1 saturated carbocycles. The summed E-state index contributed by atoms with van der Waals surface area (Å²) in [5, 5.41) is 12.7. The molecule has 1 aliphatic carbocycles. The predicted octanol–water partition coefficient (Wildman–Crippen LogP) is 3.42. The number of hydrogen-bond acceptors (Lipinski definition) is 2. The summed E-state index contributed by atoms with van der Waals surface area (Å²) in [5.74, 6) is -1.64. The van der Waals surface area contributed by atoms with Crippen molar-refractivity contribution in [3.63, 3.8) is 0 Å². The largest absolute Gasteiger partial charge is 0.481 e. The zero-order valence-electron chi connectivity index (χ0n) is 12.6. The number of carbonyl (C=O) groups is 2. The first-order valence-electron chi connectivity index (χ1n) is 7.81. The van der Waals surface area contributed by atoms with Crippen molar-refractivity contribution in [1.29, 1.82) is 0 Å². The average Bonchev–Trinajstić information content (AvgIpc) is 2.49. The van der Waals surface area contributed by atoms with Gasteiger partial charge in [0, 0.05) is 11.1 Å². The van der Waals surface area contributed by atoms with Crippen molar-refractivity contribution in [3.8, 4) is 0 Å². The third kappa shape index (κ3) is 5.34. The molecule has 1 aliphatic rings. The van der Waals surface area contributed by atoms with Crippen molar-refractivity contribution in [2.75, 3.05) is 0 Å². The molecule has 1 amide bonds. The molecule has 0 bridgehead atoms. The maximum absolute atomic E-state index is 12.4. The Balaban J connectivity index is 1.99. The van der Waals surface area contributed by atoms with Gasteiger partial charge in [-0.25, -0.2) is 0 Å². The van der Waals surface area contributed by atoms with Crippen LogP contribution in [-0.4, -0.2) is 23.0 Å². The third-order valence-corrected chi connectivity index (χ3v) is 4.39. The van der Waals surface area contributed by atoms with E-state index in [1.807, 2.05) is 12.1 Å². The van der Waals surface area contributed by atoms with Crippen LogP contribution in [0, 0.1) is 5.92 Å². The summed E-state index contributed by atoms with van der Waals surface area (Å²) in [7, 11) is 0. The van der Waals surface area contributed by atoms with Crippen LogP contribution in [0.5, 0.6) is 0 Å². The summed E-state index contributed by atoms with van der Waals surface area (Å²) >= 11 is 5.85. The second-order valence-corrected chi connectivity index (χ2v) is 6.41. The second-order valence-electron chi connectivity index (χ2n) is 5.97. The third-order valence-electron chi connectivity index (χ3n) is 4.14. The molecule has 5 heteroatoms. The number of hydrogen-bond donors (Lipinski definition) is 2. The molecule has 0 saturated heterocycles. The Kier molecular flexibility index (Phi) is 6.25. The minimum absolute atomic E-state index is 0.149. The van der Waals surface area contributed by atoms with Gasteiger partial charge in [-0.15, -0.1) is 0 Å². The number of carboxylic acid groups (broad SMARTS) is 1. The summed E-state index contributed by atoms with van der Waals surface area (Å²) in [6.45, 7) is 0. The van der Waals surface area contributed by atoms with Crippen molar-refractivity contribution in [3.05, 3.63) is 34.9 Å². The Morgan fingerprint density at radius 2 is 1.82 bits per heavy atom. The molecule has 1 aromatic carbocycles. The highest BCUT2D eigenvalue weighted by Crippen LogP contribution is 2.20. The van der Waals surface area contributed by atoms with Crippen molar-refractivity contribution in [2.45, 2.75) is 51.0 Å². The van der Waals surface area contributed by atoms with Crippen molar-refractivity contribution >= 4 is 23.5 Å². The van der Waals surface area contributed by atoms with Crippen LogP contribution in [0.3, 0.4) is 0 Å². The summed E-state index contributed by atoms with van der Waals surface area (Å²) in [6, 6.07) is 7.39. The SMILES string of the molecule is O=C(O)CC(Cc1ccc(Cl)cc1)C(=O)NC1CCCCC1. The predicted molar refractivity (Wildman–Crippen MR) is 85.9 cm³/mol. The number of nitrogens with one attached hydrogen (secondary N) is 1. The molecule has 2 rings (SSSR count). The Morgan fingerprint density at radius 1 is 1.18 bits per heavy atom. The minimum atomic E-state index is -0.947. The van der Waals surface area contributed by atoms with E-state index in [1.165, 1.54) is 6.42 Å². The van der Waals surface area contributed by atoms with E-state index in [1.54, 1.807) is 12.1 Å². The van der Waals surface area contributed by atoms with Crippen LogP contribution < -0.4 is 5.32 Å². The van der Waals surface area contributed by atoms with E-state index in [4.69, 9.17) is 16.7 Å². The fourth-order valence-corrected chi connectivity index (χ4v) is 3.07. The highest BCUT2D eigenvalue weighted by atomic mass is 35.5. The van der Waals surface area contributed by atoms with Crippen LogP contribution in [0.4, 0.5) is 0 Å². The summed E-state index contributed by atoms with van der Waals surface area (Å²) < 4.78 is 0. The zero-order chi connectivity index (χ0) is 15.9. The van der Waals surface area contributed by atoms with Crippen LogP contribution in [0.1, 0.15) is 44.1 Å². The standard InChI is InChI=1S/C17H22ClNO3/c18-14-8-6-12(7-9-14)10-13(11-16(20)21)17(22)19-15-4-2-1-3-5-15/h6-9,13,15H,1-5,10-11H2,(H,19,22)(H,20,21). The highest BCUT2D eigenvalue weighted by Gasteiger charge is 2.25. The van der Waals surface area contributed by atoms with Crippen LogP contribution in [-0.2, 0) is 16.0 Å². The maximum atomic E-state index is 12.4. The molecule has 0 radical (unpaired) electrons. The van der Waals surface area contributed by atoms with Gasteiger partial charge in [0.05, 0.1) is 12.3 Å². The minimum Gasteiger partial charge on any atom is -0.481 e. The van der Waals surface area contributed by atoms with Gasteiger partial charge in [0.15, 0.2) is 0 Å². The van der Waals surface area contributed by atoms with E-state index in [9.17, 15) is 9.59 Å². The molecule has 120 valence electrons. The lowest BCUT2D eigenvalue weighted by molar-refractivity contribution is -0.141. The van der Waals surface area contributed by atoms with E-state index in [0.717, 1.165) is 31.2 Å². The average molecular weight is 324 g/mol. The molecule has 4 nitrogen and oxygen atoms in total. The molecule has 1 atom stereocenters. The molecule has 0 spiro atoms. The van der Waals surface area contributed by atoms with Gasteiger partial charge in [-0.2, -0.15) is 0 Å². The van der Waals surface area contributed by atoms with Gasteiger partial charge >= 0.3 is 5.97 Å². The normalized spacial score (nSPS) is 17.0. The smallest absolute Gasteiger partial charge is 0.304 e. The van der Waals surface area contributed by atoms with Crippen LogP contribution in [0.15, 0.2) is 24.3 Å². The Labute approximate surface area is 135 Å². The van der Waals surface area contributed by atoms with E-state index in [-0.39, 0.29) is 18.4 Å². The molecule has 0 aromatic heterocycles. The van der Waals surface area contributed by atoms with Crippen LogP contribution >= 0.6 is 11.6 Å². The van der Waals surface area contributed by atoms with E-state index in [0.29, 0.717) is 11.4 Å². The molecule has 1 fully saturated rings. The van der Waals surface area contributed by atoms with E-state index >= 15 is 0 Å². The summed E-state index contributed by atoms with van der Waals surface area (Å²) in [4.78, 5) is 23.5. The van der Waals surface area contributed by atoms with Crippen LogP contribution in [0.2, 0.25) is 5.02 Å². The summed E-state index contributed by atoms with van der Waals surface area (Å²) in [6.07, 6.45) is 5.73. The molecule has 0 heterocycles. The number of halogens is 1. The molecule has 1 unspecified atom stereocenters. The lowest BCUT2D eigenvalue weighted by Crippen LogP contribution is -2.41. The summed E-state index contributed by atoms with van der Waals surface area (Å²) in [5.41, 5.74) is 0.925. The first kappa shape index (κ1) is 16.8. The van der Waals surface area contributed by atoms with Gasteiger partial charge in [0.1, 0.15) is 0 Å². The van der Waals surface area contributed by atoms with Crippen LogP contribution in [0.25, 0.3) is 0 Å². The second kappa shape index (κ2) is 8.18. The van der Waals surface area contributed by atoms with Gasteiger partial charge in [-0.3, -0.25) is 9.59 Å². The number of rotatable bonds is 6. The van der Waals surface area contributed by atoms with Gasteiger partial charge in [-0.1, -0.05) is 43.0 Å². The Morgan fingerprint density at radius 3 is 2.41 bits per heavy atom. The van der Waals surface area contributed by atoms with E-state index < -0.39 is 11.9 Å². The Bertz CT molecular complexity index is 509. The zero-order valence-corrected chi connectivity index (χ0v) is 13.3. The number of aliphatic carboxylic acids is 1. The Hall–Kier alpha value is -1.55. The first-order chi connectivity index (χ1) is 10.5. The fraction of sp³-hybridized carbons (Fsp3) is 0.529. The number of carboxylic acids is 1. The lowest BCUT2D eigenvalue weighted by Gasteiger charge is -2.25. The van der Waals surface area contributed by atoms with Gasteiger partial charge in [0.25, 0.3) is 0 Å².